The molecule has 1 atom stereocenters. The van der Waals surface area contributed by atoms with Crippen LogP contribution in [-0.2, 0) is 14.8 Å². The molecule has 118 valence electrons. The van der Waals surface area contributed by atoms with Gasteiger partial charge in [0.1, 0.15) is 0 Å². The highest BCUT2D eigenvalue weighted by atomic mass is 35.5. The largest absolute Gasteiger partial charge is 0.326 e. The molecule has 1 unspecified atom stereocenters. The Labute approximate surface area is 135 Å². The van der Waals surface area contributed by atoms with Gasteiger partial charge in [0.25, 0.3) is 0 Å². The van der Waals surface area contributed by atoms with Gasteiger partial charge in [-0.1, -0.05) is 25.4 Å². The lowest BCUT2D eigenvalue weighted by molar-refractivity contribution is -0.115. The molecule has 0 saturated carbocycles. The molecule has 0 heterocycles. The zero-order valence-electron chi connectivity index (χ0n) is 11.8. The van der Waals surface area contributed by atoms with Crippen LogP contribution in [0.15, 0.2) is 18.2 Å². The number of carbonyl (C=O) groups is 1. The Morgan fingerprint density at radius 3 is 2.62 bits per heavy atom. The maximum atomic E-state index is 12.0. The van der Waals surface area contributed by atoms with Crippen LogP contribution >= 0.6 is 23.2 Å². The topological polar surface area (TPSA) is 75.3 Å². The van der Waals surface area contributed by atoms with Crippen molar-refractivity contribution in [1.82, 2.24) is 0 Å². The molecule has 1 aromatic rings. The summed E-state index contributed by atoms with van der Waals surface area (Å²) in [5.74, 6) is -0.188. The average Bonchev–Trinajstić information content (AvgIpc) is 2.41. The first-order valence-corrected chi connectivity index (χ1v) is 8.99. The van der Waals surface area contributed by atoms with E-state index in [1.54, 1.807) is 19.9 Å². The lowest BCUT2D eigenvalue weighted by Gasteiger charge is -2.13. The molecular formula is C13H18Cl2N2O3S. The van der Waals surface area contributed by atoms with Crippen molar-refractivity contribution in [3.05, 3.63) is 23.2 Å². The van der Waals surface area contributed by atoms with Crippen molar-refractivity contribution < 1.29 is 13.2 Å². The zero-order chi connectivity index (χ0) is 16.0. The van der Waals surface area contributed by atoms with Crippen LogP contribution in [0.25, 0.3) is 0 Å². The van der Waals surface area contributed by atoms with Gasteiger partial charge < -0.3 is 5.32 Å². The van der Waals surface area contributed by atoms with E-state index in [4.69, 9.17) is 23.2 Å². The number of benzene rings is 1. The van der Waals surface area contributed by atoms with E-state index in [1.807, 2.05) is 0 Å². The number of halogens is 2. The third kappa shape index (κ3) is 6.11. The Hall–Kier alpha value is -0.980. The number of anilines is 2. The molecule has 8 heteroatoms. The van der Waals surface area contributed by atoms with E-state index in [9.17, 15) is 13.2 Å². The maximum Gasteiger partial charge on any atom is 0.233 e. The molecule has 0 aliphatic heterocycles. The van der Waals surface area contributed by atoms with Gasteiger partial charge in [0, 0.05) is 18.0 Å². The Morgan fingerprint density at radius 1 is 1.38 bits per heavy atom. The van der Waals surface area contributed by atoms with Crippen LogP contribution in [-0.4, -0.2) is 26.0 Å². The molecule has 1 amide bonds. The molecule has 21 heavy (non-hydrogen) atoms. The minimum absolute atomic E-state index is 0.0988. The van der Waals surface area contributed by atoms with E-state index >= 15 is 0 Å². The van der Waals surface area contributed by atoms with E-state index in [0.717, 1.165) is 0 Å². The predicted octanol–water partition coefficient (Wildman–Crippen LogP) is 3.31. The number of amides is 1. The maximum absolute atomic E-state index is 12.0. The van der Waals surface area contributed by atoms with Crippen LogP contribution in [0.1, 0.15) is 20.3 Å². The molecule has 0 fully saturated rings. The molecule has 0 aromatic heterocycles. The number of hydrogen-bond donors (Lipinski definition) is 2. The van der Waals surface area contributed by atoms with Gasteiger partial charge in [0.15, 0.2) is 0 Å². The zero-order valence-corrected chi connectivity index (χ0v) is 14.1. The van der Waals surface area contributed by atoms with Gasteiger partial charge in [-0.15, -0.1) is 11.6 Å². The van der Waals surface area contributed by atoms with Gasteiger partial charge >= 0.3 is 0 Å². The smallest absolute Gasteiger partial charge is 0.233 e. The standard InChI is InChI=1S/C13H18Cl2N2O3S/c1-3-13(18)16-10-4-5-11(15)12(6-10)17-21(19,20)8-9(2)7-14/h4-6,9,17H,3,7-8H2,1-2H3,(H,16,18). The summed E-state index contributed by atoms with van der Waals surface area (Å²) in [6, 6.07) is 4.61. The lowest BCUT2D eigenvalue weighted by Crippen LogP contribution is -2.22. The quantitative estimate of drug-likeness (QED) is 0.739. The first-order valence-electron chi connectivity index (χ1n) is 6.43. The molecule has 0 saturated heterocycles. The third-order valence-electron chi connectivity index (χ3n) is 2.60. The highest BCUT2D eigenvalue weighted by Crippen LogP contribution is 2.27. The SMILES string of the molecule is CCC(=O)Nc1ccc(Cl)c(NS(=O)(=O)CC(C)CCl)c1. The minimum Gasteiger partial charge on any atom is -0.326 e. The van der Waals surface area contributed by atoms with Crippen molar-refractivity contribution in [2.24, 2.45) is 5.92 Å². The molecule has 0 radical (unpaired) electrons. The summed E-state index contributed by atoms with van der Waals surface area (Å²) in [5, 5.41) is 2.90. The second-order valence-electron chi connectivity index (χ2n) is 4.74. The van der Waals surface area contributed by atoms with Crippen LogP contribution in [0, 0.1) is 5.92 Å². The van der Waals surface area contributed by atoms with E-state index in [1.165, 1.54) is 12.1 Å². The van der Waals surface area contributed by atoms with Crippen molar-refractivity contribution >= 4 is 50.5 Å². The van der Waals surface area contributed by atoms with Crippen molar-refractivity contribution in [2.75, 3.05) is 21.7 Å². The van der Waals surface area contributed by atoms with Crippen LogP contribution < -0.4 is 10.0 Å². The Kier molecular flexibility index (Phi) is 6.77. The van der Waals surface area contributed by atoms with Gasteiger partial charge in [-0.05, 0) is 24.1 Å². The molecule has 0 aliphatic rings. The molecular weight excluding hydrogens is 335 g/mol. The second kappa shape index (κ2) is 7.87. The summed E-state index contributed by atoms with van der Waals surface area (Å²) >= 11 is 11.6. The first kappa shape index (κ1) is 18.1. The van der Waals surface area contributed by atoms with E-state index in [0.29, 0.717) is 12.1 Å². The molecule has 0 bridgehead atoms. The van der Waals surface area contributed by atoms with Gasteiger partial charge in [0.2, 0.25) is 15.9 Å². The fourth-order valence-electron chi connectivity index (χ4n) is 1.56. The average molecular weight is 353 g/mol. The van der Waals surface area contributed by atoms with Crippen LogP contribution in [0.4, 0.5) is 11.4 Å². The summed E-state index contributed by atoms with van der Waals surface area (Å²) in [6.45, 7) is 3.47. The van der Waals surface area contributed by atoms with E-state index in [2.05, 4.69) is 10.0 Å². The van der Waals surface area contributed by atoms with E-state index < -0.39 is 10.0 Å². The van der Waals surface area contributed by atoms with Crippen molar-refractivity contribution in [3.8, 4) is 0 Å². The molecule has 2 N–H and O–H groups in total. The highest BCUT2D eigenvalue weighted by molar-refractivity contribution is 7.92. The number of sulfonamides is 1. The van der Waals surface area contributed by atoms with Crippen molar-refractivity contribution in [1.29, 1.82) is 0 Å². The number of rotatable bonds is 7. The third-order valence-corrected chi connectivity index (χ3v) is 5.00. The number of carbonyl (C=O) groups excluding carboxylic acids is 1. The summed E-state index contributed by atoms with van der Waals surface area (Å²) in [5.41, 5.74) is 0.710. The van der Waals surface area contributed by atoms with Crippen molar-refractivity contribution in [3.63, 3.8) is 0 Å². The van der Waals surface area contributed by atoms with E-state index in [-0.39, 0.29) is 34.2 Å². The molecule has 5 nitrogen and oxygen atoms in total. The second-order valence-corrected chi connectivity index (χ2v) is 7.22. The Bertz CT molecular complexity index is 605. The van der Waals surface area contributed by atoms with Crippen LogP contribution in [0.5, 0.6) is 0 Å². The van der Waals surface area contributed by atoms with Gasteiger partial charge in [0.05, 0.1) is 16.5 Å². The molecule has 0 aliphatic carbocycles. The van der Waals surface area contributed by atoms with Gasteiger partial charge in [-0.3, -0.25) is 9.52 Å². The fraction of sp³-hybridized carbons (Fsp3) is 0.462. The number of alkyl halides is 1. The number of hydrogen-bond acceptors (Lipinski definition) is 3. The summed E-state index contributed by atoms with van der Waals surface area (Å²) in [4.78, 5) is 11.3. The minimum atomic E-state index is -3.55. The first-order chi connectivity index (χ1) is 9.77. The fourth-order valence-corrected chi connectivity index (χ4v) is 3.47. The monoisotopic (exact) mass is 352 g/mol. The number of nitrogens with one attached hydrogen (secondary N) is 2. The summed E-state index contributed by atoms with van der Waals surface area (Å²) in [7, 11) is -3.55. The van der Waals surface area contributed by atoms with Crippen LogP contribution in [0.2, 0.25) is 5.02 Å². The predicted molar refractivity (Wildman–Crippen MR) is 87.7 cm³/mol. The Morgan fingerprint density at radius 2 is 2.05 bits per heavy atom. The van der Waals surface area contributed by atoms with Crippen molar-refractivity contribution in [2.45, 2.75) is 20.3 Å². The highest BCUT2D eigenvalue weighted by Gasteiger charge is 2.17. The lowest BCUT2D eigenvalue weighted by atomic mass is 10.2. The summed E-state index contributed by atoms with van der Waals surface area (Å²) < 4.78 is 26.4. The van der Waals surface area contributed by atoms with Crippen LogP contribution in [0.3, 0.4) is 0 Å². The normalized spacial score (nSPS) is 12.8. The molecule has 1 rings (SSSR count). The molecule has 0 spiro atoms. The van der Waals surface area contributed by atoms with Gasteiger partial charge in [-0.25, -0.2) is 8.42 Å². The summed E-state index contributed by atoms with van der Waals surface area (Å²) in [6.07, 6.45) is 0.330. The molecule has 1 aromatic carbocycles. The van der Waals surface area contributed by atoms with Gasteiger partial charge in [-0.2, -0.15) is 0 Å². The Balaban J connectivity index is 2.92.